The Morgan fingerprint density at radius 2 is 2.05 bits per heavy atom. The van der Waals surface area contributed by atoms with Crippen LogP contribution in [0.1, 0.15) is 34.6 Å². The number of benzene rings is 1. The van der Waals surface area contributed by atoms with Crippen LogP contribution in [0.3, 0.4) is 0 Å². The van der Waals surface area contributed by atoms with Gasteiger partial charge in [0.2, 0.25) is 0 Å². The number of carbonyl (C=O) groups excluding carboxylic acids is 1. The summed E-state index contributed by atoms with van der Waals surface area (Å²) in [7, 11) is 1.87. The van der Waals surface area contributed by atoms with Gasteiger partial charge in [0.15, 0.2) is 23.0 Å². The van der Waals surface area contributed by atoms with E-state index in [0.29, 0.717) is 5.56 Å². The Kier molecular flexibility index (Phi) is 4.64. The van der Waals surface area contributed by atoms with E-state index in [1.807, 2.05) is 27.1 Å². The second kappa shape index (κ2) is 6.25. The molecule has 0 fully saturated rings. The minimum absolute atomic E-state index is 0.0864. The molecule has 0 aliphatic rings. The van der Waals surface area contributed by atoms with Gasteiger partial charge in [-0.1, -0.05) is 0 Å². The van der Waals surface area contributed by atoms with Crippen LogP contribution in [0, 0.1) is 6.92 Å². The number of nitrogens with zero attached hydrogens (tertiary/aromatic N) is 2. The van der Waals surface area contributed by atoms with E-state index in [1.165, 1.54) is 0 Å². The van der Waals surface area contributed by atoms with E-state index in [-0.39, 0.29) is 11.9 Å². The first-order chi connectivity index (χ1) is 9.51. The minimum atomic E-state index is -0.110. The molecular weight excluding hydrogens is 369 g/mol. The number of aryl methyl sites for hydroxylation is 2. The summed E-state index contributed by atoms with van der Waals surface area (Å²) < 4.78 is 6.79. The molecule has 1 aromatic heterocycles. The van der Waals surface area contributed by atoms with Crippen LogP contribution in [0.15, 0.2) is 30.5 Å². The van der Waals surface area contributed by atoms with Crippen LogP contribution in [-0.4, -0.2) is 15.7 Å². The molecule has 5 nitrogen and oxygen atoms in total. The Labute approximate surface area is 132 Å². The number of hydrogen-bond donors (Lipinski definition) is 1. The molecule has 1 aromatic carbocycles. The highest BCUT2D eigenvalue weighted by atomic mass is 127. The smallest absolute Gasteiger partial charge is 0.251 e. The topological polar surface area (TPSA) is 56.2 Å². The van der Waals surface area contributed by atoms with Gasteiger partial charge in [-0.3, -0.25) is 9.48 Å². The maximum absolute atomic E-state index is 12.2. The third-order valence-corrected chi connectivity index (χ3v) is 3.58. The second-order valence-electron chi connectivity index (χ2n) is 4.64. The van der Waals surface area contributed by atoms with Crippen molar-refractivity contribution in [3.05, 3.63) is 47.3 Å². The molecule has 1 N–H and O–H groups in total. The standard InChI is InChI=1S/C14H16IN3O2/c1-9(13-8-18(3)17-10(13)2)16-14(19)11-4-6-12(20-15)7-5-11/h4-9H,1-3H3,(H,16,19). The summed E-state index contributed by atoms with van der Waals surface area (Å²) in [5.41, 5.74) is 2.55. The predicted octanol–water partition coefficient (Wildman–Crippen LogP) is 2.95. The van der Waals surface area contributed by atoms with Crippen molar-refractivity contribution in [1.29, 1.82) is 0 Å². The molecule has 1 heterocycles. The maximum atomic E-state index is 12.2. The van der Waals surface area contributed by atoms with Crippen molar-refractivity contribution in [1.82, 2.24) is 15.1 Å². The summed E-state index contributed by atoms with van der Waals surface area (Å²) in [4.78, 5) is 12.2. The monoisotopic (exact) mass is 385 g/mol. The lowest BCUT2D eigenvalue weighted by Gasteiger charge is -2.13. The van der Waals surface area contributed by atoms with Crippen LogP contribution in [0.25, 0.3) is 0 Å². The molecule has 0 saturated carbocycles. The molecule has 0 aliphatic heterocycles. The van der Waals surface area contributed by atoms with Gasteiger partial charge in [-0.05, 0) is 38.1 Å². The van der Waals surface area contributed by atoms with Crippen molar-refractivity contribution >= 4 is 28.9 Å². The van der Waals surface area contributed by atoms with Crippen LogP contribution >= 0.6 is 23.0 Å². The highest BCUT2D eigenvalue weighted by Crippen LogP contribution is 2.18. The first-order valence-electron chi connectivity index (χ1n) is 6.21. The Morgan fingerprint density at radius 1 is 1.40 bits per heavy atom. The molecule has 1 amide bonds. The largest absolute Gasteiger partial charge is 0.428 e. The Morgan fingerprint density at radius 3 is 2.55 bits per heavy atom. The zero-order valence-corrected chi connectivity index (χ0v) is 13.7. The number of nitrogens with one attached hydrogen (secondary N) is 1. The van der Waals surface area contributed by atoms with E-state index in [4.69, 9.17) is 3.07 Å². The molecule has 0 aliphatic carbocycles. The molecular formula is C14H16IN3O2. The first kappa shape index (κ1) is 14.8. The quantitative estimate of drug-likeness (QED) is 0.824. The van der Waals surface area contributed by atoms with Gasteiger partial charge in [0.05, 0.1) is 11.7 Å². The number of hydrogen-bond acceptors (Lipinski definition) is 3. The second-order valence-corrected chi connectivity index (χ2v) is 5.08. The van der Waals surface area contributed by atoms with Crippen molar-refractivity contribution < 1.29 is 7.86 Å². The van der Waals surface area contributed by atoms with Gasteiger partial charge in [-0.15, -0.1) is 0 Å². The zero-order valence-electron chi connectivity index (χ0n) is 11.6. The van der Waals surface area contributed by atoms with E-state index < -0.39 is 0 Å². The molecule has 0 radical (unpaired) electrons. The van der Waals surface area contributed by atoms with Crippen LogP contribution in [0.2, 0.25) is 0 Å². The van der Waals surface area contributed by atoms with Crippen molar-refractivity contribution in [3.63, 3.8) is 0 Å². The van der Waals surface area contributed by atoms with Crippen molar-refractivity contribution in [2.75, 3.05) is 0 Å². The molecule has 2 aromatic rings. The number of halogens is 1. The van der Waals surface area contributed by atoms with Crippen molar-refractivity contribution in [2.45, 2.75) is 19.9 Å². The van der Waals surface area contributed by atoms with Gasteiger partial charge in [0.1, 0.15) is 5.75 Å². The van der Waals surface area contributed by atoms with Crippen molar-refractivity contribution in [3.8, 4) is 5.75 Å². The summed E-state index contributed by atoms with van der Waals surface area (Å²) >= 11 is 1.81. The summed E-state index contributed by atoms with van der Waals surface area (Å²) in [6, 6.07) is 6.93. The molecule has 0 spiro atoms. The number of rotatable bonds is 4. The lowest BCUT2D eigenvalue weighted by molar-refractivity contribution is 0.0940. The van der Waals surface area contributed by atoms with E-state index >= 15 is 0 Å². The lowest BCUT2D eigenvalue weighted by Crippen LogP contribution is -2.26. The Bertz CT molecular complexity index is 607. The highest BCUT2D eigenvalue weighted by molar-refractivity contribution is 14.1. The van der Waals surface area contributed by atoms with Gasteiger partial charge in [0.25, 0.3) is 5.91 Å². The van der Waals surface area contributed by atoms with Gasteiger partial charge in [-0.2, -0.15) is 5.10 Å². The summed E-state index contributed by atoms with van der Waals surface area (Å²) in [6.45, 7) is 3.88. The third-order valence-electron chi connectivity index (χ3n) is 3.07. The molecule has 20 heavy (non-hydrogen) atoms. The predicted molar refractivity (Wildman–Crippen MR) is 84.9 cm³/mol. The number of amides is 1. The molecule has 0 saturated heterocycles. The van der Waals surface area contributed by atoms with Gasteiger partial charge in [0, 0.05) is 24.4 Å². The molecule has 1 unspecified atom stereocenters. The Hall–Kier alpha value is -1.57. The Balaban J connectivity index is 2.08. The average molecular weight is 385 g/mol. The zero-order chi connectivity index (χ0) is 14.7. The fraction of sp³-hybridized carbons (Fsp3) is 0.286. The lowest BCUT2D eigenvalue weighted by atomic mass is 10.1. The molecule has 1 atom stereocenters. The van der Waals surface area contributed by atoms with E-state index in [1.54, 1.807) is 52.0 Å². The average Bonchev–Trinajstić information content (AvgIpc) is 2.78. The molecule has 2 rings (SSSR count). The molecule has 0 bridgehead atoms. The summed E-state index contributed by atoms with van der Waals surface area (Å²) in [6.07, 6.45) is 1.92. The fourth-order valence-corrected chi connectivity index (χ4v) is 2.35. The van der Waals surface area contributed by atoms with Gasteiger partial charge in [-0.25, -0.2) is 0 Å². The SMILES string of the molecule is Cc1nn(C)cc1C(C)NC(=O)c1ccc(OI)cc1. The minimum Gasteiger partial charge on any atom is -0.428 e. The highest BCUT2D eigenvalue weighted by Gasteiger charge is 2.15. The van der Waals surface area contributed by atoms with Crippen molar-refractivity contribution in [2.24, 2.45) is 7.05 Å². The maximum Gasteiger partial charge on any atom is 0.251 e. The third kappa shape index (κ3) is 3.30. The fourth-order valence-electron chi connectivity index (χ4n) is 2.06. The van der Waals surface area contributed by atoms with Crippen LogP contribution in [0.4, 0.5) is 0 Å². The number of aromatic nitrogens is 2. The van der Waals surface area contributed by atoms with Gasteiger partial charge < -0.3 is 8.38 Å². The molecule has 6 heteroatoms. The summed E-state index contributed by atoms with van der Waals surface area (Å²) in [5, 5.41) is 7.25. The van der Waals surface area contributed by atoms with E-state index in [0.717, 1.165) is 17.0 Å². The van der Waals surface area contributed by atoms with Crippen LogP contribution < -0.4 is 8.38 Å². The van der Waals surface area contributed by atoms with Crippen LogP contribution in [0.5, 0.6) is 5.75 Å². The summed E-state index contributed by atoms with van der Waals surface area (Å²) in [5.74, 6) is 0.610. The van der Waals surface area contributed by atoms with Gasteiger partial charge >= 0.3 is 0 Å². The van der Waals surface area contributed by atoms with E-state index in [9.17, 15) is 4.79 Å². The van der Waals surface area contributed by atoms with Crippen LogP contribution in [-0.2, 0) is 7.05 Å². The molecule has 106 valence electrons. The van der Waals surface area contributed by atoms with E-state index in [2.05, 4.69) is 10.4 Å². The first-order valence-corrected chi connectivity index (χ1v) is 7.09. The normalized spacial score (nSPS) is 12.0. The number of carbonyl (C=O) groups is 1.